The molecule has 3 rings (SSSR count). The van der Waals surface area contributed by atoms with Gasteiger partial charge in [-0.15, -0.1) is 0 Å². The summed E-state index contributed by atoms with van der Waals surface area (Å²) in [4.78, 5) is 10.8. The van der Waals surface area contributed by atoms with Crippen molar-refractivity contribution in [3.05, 3.63) is 84.4 Å². The van der Waals surface area contributed by atoms with Crippen LogP contribution in [0, 0.1) is 0 Å². The molecule has 132 valence electrons. The molecule has 0 amide bonds. The maximum Gasteiger partial charge on any atom is 0.303 e. The minimum absolute atomic E-state index is 0.0315. The third-order valence-corrected chi connectivity index (χ3v) is 3.97. The second-order valence-corrected chi connectivity index (χ2v) is 6.06. The van der Waals surface area contributed by atoms with Crippen LogP contribution in [-0.2, 0) is 4.79 Å². The van der Waals surface area contributed by atoms with E-state index in [9.17, 15) is 4.79 Å². The first-order valence-corrected chi connectivity index (χ1v) is 8.43. The molecule has 4 heteroatoms. The van der Waals surface area contributed by atoms with E-state index in [2.05, 4.69) is 0 Å². The average molecular weight is 348 g/mol. The highest BCUT2D eigenvalue weighted by molar-refractivity contribution is 5.68. The van der Waals surface area contributed by atoms with E-state index in [0.717, 1.165) is 17.1 Å². The van der Waals surface area contributed by atoms with E-state index in [-0.39, 0.29) is 12.3 Å². The summed E-state index contributed by atoms with van der Waals surface area (Å²) in [6.07, 6.45) is 0.114. The fourth-order valence-corrected chi connectivity index (χ4v) is 2.58. The summed E-state index contributed by atoms with van der Waals surface area (Å²) in [5, 5.41) is 8.88. The highest BCUT2D eigenvalue weighted by atomic mass is 16.5. The number of hydrogen-bond acceptors (Lipinski definition) is 3. The molecule has 0 aliphatic rings. The van der Waals surface area contributed by atoms with Crippen LogP contribution in [-0.4, -0.2) is 11.1 Å². The van der Waals surface area contributed by atoms with Crippen LogP contribution in [0.1, 0.15) is 24.8 Å². The van der Waals surface area contributed by atoms with Crippen LogP contribution in [0.15, 0.2) is 78.9 Å². The van der Waals surface area contributed by atoms with Crippen LogP contribution in [0.5, 0.6) is 23.0 Å². The van der Waals surface area contributed by atoms with E-state index in [1.165, 1.54) is 0 Å². The Hall–Kier alpha value is -3.27. The molecule has 0 aromatic heterocycles. The fourth-order valence-electron chi connectivity index (χ4n) is 2.58. The minimum atomic E-state index is -0.796. The molecule has 0 radical (unpaired) electrons. The quantitative estimate of drug-likeness (QED) is 0.582. The first kappa shape index (κ1) is 17.5. The second-order valence-electron chi connectivity index (χ2n) is 6.06. The first-order chi connectivity index (χ1) is 12.6. The Bertz CT molecular complexity index is 840. The average Bonchev–Trinajstić information content (AvgIpc) is 2.64. The van der Waals surface area contributed by atoms with E-state index >= 15 is 0 Å². The summed E-state index contributed by atoms with van der Waals surface area (Å²) >= 11 is 0. The monoisotopic (exact) mass is 348 g/mol. The first-order valence-electron chi connectivity index (χ1n) is 8.43. The van der Waals surface area contributed by atoms with Crippen LogP contribution in [0.3, 0.4) is 0 Å². The molecule has 3 aromatic carbocycles. The Morgan fingerprint density at radius 3 is 1.65 bits per heavy atom. The number of ether oxygens (including phenoxy) is 2. The van der Waals surface area contributed by atoms with Crippen molar-refractivity contribution >= 4 is 5.97 Å². The summed E-state index contributed by atoms with van der Waals surface area (Å²) in [6.45, 7) is 1.90. The normalized spacial score (nSPS) is 11.6. The summed E-state index contributed by atoms with van der Waals surface area (Å²) in [6, 6.07) is 24.5. The van der Waals surface area contributed by atoms with Crippen molar-refractivity contribution in [1.29, 1.82) is 0 Å². The van der Waals surface area contributed by atoms with Gasteiger partial charge in [-0.1, -0.05) is 37.3 Å². The van der Waals surface area contributed by atoms with Gasteiger partial charge in [0.2, 0.25) is 0 Å². The molecule has 1 unspecified atom stereocenters. The van der Waals surface area contributed by atoms with Gasteiger partial charge in [0.05, 0.1) is 6.42 Å². The molecule has 1 atom stereocenters. The zero-order chi connectivity index (χ0) is 18.4. The van der Waals surface area contributed by atoms with Crippen LogP contribution >= 0.6 is 0 Å². The van der Waals surface area contributed by atoms with Crippen molar-refractivity contribution < 1.29 is 19.4 Å². The molecule has 0 saturated heterocycles. The molecule has 0 aliphatic carbocycles. The van der Waals surface area contributed by atoms with E-state index in [4.69, 9.17) is 14.6 Å². The lowest BCUT2D eigenvalue weighted by atomic mass is 9.98. The Balaban J connectivity index is 1.61. The molecule has 3 aromatic rings. The van der Waals surface area contributed by atoms with Gasteiger partial charge in [-0.05, 0) is 60.0 Å². The molecular weight excluding hydrogens is 328 g/mol. The Kier molecular flexibility index (Phi) is 5.54. The van der Waals surface area contributed by atoms with Crippen molar-refractivity contribution in [3.63, 3.8) is 0 Å². The summed E-state index contributed by atoms with van der Waals surface area (Å²) in [7, 11) is 0. The van der Waals surface area contributed by atoms with Gasteiger partial charge >= 0.3 is 5.97 Å². The predicted molar refractivity (Wildman–Crippen MR) is 100 cm³/mol. The topological polar surface area (TPSA) is 55.8 Å². The van der Waals surface area contributed by atoms with Crippen LogP contribution in [0.4, 0.5) is 0 Å². The number of hydrogen-bond donors (Lipinski definition) is 1. The van der Waals surface area contributed by atoms with Crippen LogP contribution in [0.2, 0.25) is 0 Å². The third-order valence-electron chi connectivity index (χ3n) is 3.97. The number of para-hydroxylation sites is 1. The number of carbonyl (C=O) groups is 1. The predicted octanol–water partition coefficient (Wildman–Crippen LogP) is 5.85. The number of benzene rings is 3. The van der Waals surface area contributed by atoms with Gasteiger partial charge < -0.3 is 14.6 Å². The van der Waals surface area contributed by atoms with Crippen LogP contribution in [0.25, 0.3) is 0 Å². The number of carboxylic acid groups (broad SMARTS) is 1. The minimum Gasteiger partial charge on any atom is -0.481 e. The molecule has 0 bridgehead atoms. The SMILES string of the molecule is CC(CC(=O)O)c1ccc(Oc2ccc(Oc3ccccc3)cc2)cc1. The van der Waals surface area contributed by atoms with Crippen molar-refractivity contribution in [3.8, 4) is 23.0 Å². The highest BCUT2D eigenvalue weighted by Crippen LogP contribution is 2.28. The lowest BCUT2D eigenvalue weighted by Gasteiger charge is -2.11. The third kappa shape index (κ3) is 4.86. The molecule has 1 N–H and O–H groups in total. The number of aliphatic carboxylic acids is 1. The smallest absolute Gasteiger partial charge is 0.303 e. The van der Waals surface area contributed by atoms with Gasteiger partial charge in [0.1, 0.15) is 23.0 Å². The zero-order valence-electron chi connectivity index (χ0n) is 14.5. The maximum atomic E-state index is 10.8. The highest BCUT2D eigenvalue weighted by Gasteiger charge is 2.10. The lowest BCUT2D eigenvalue weighted by molar-refractivity contribution is -0.137. The number of carboxylic acids is 1. The lowest BCUT2D eigenvalue weighted by Crippen LogP contribution is -2.02. The van der Waals surface area contributed by atoms with Crippen molar-refractivity contribution in [2.24, 2.45) is 0 Å². The maximum absolute atomic E-state index is 10.8. The van der Waals surface area contributed by atoms with E-state index in [1.54, 1.807) is 0 Å². The van der Waals surface area contributed by atoms with E-state index in [1.807, 2.05) is 85.8 Å². The molecule has 0 aliphatic heterocycles. The fraction of sp³-hybridized carbons (Fsp3) is 0.136. The van der Waals surface area contributed by atoms with Gasteiger partial charge in [-0.3, -0.25) is 4.79 Å². The summed E-state index contributed by atoms with van der Waals surface area (Å²) in [5.74, 6) is 2.10. The van der Waals surface area contributed by atoms with E-state index in [0.29, 0.717) is 11.5 Å². The Morgan fingerprint density at radius 1 is 0.769 bits per heavy atom. The molecule has 0 saturated carbocycles. The summed E-state index contributed by atoms with van der Waals surface area (Å²) in [5.41, 5.74) is 0.978. The van der Waals surface area contributed by atoms with Crippen molar-refractivity contribution in [1.82, 2.24) is 0 Å². The zero-order valence-corrected chi connectivity index (χ0v) is 14.5. The molecule has 26 heavy (non-hydrogen) atoms. The van der Waals surface area contributed by atoms with Gasteiger partial charge in [0, 0.05) is 0 Å². The van der Waals surface area contributed by atoms with E-state index < -0.39 is 5.97 Å². The molecule has 0 fully saturated rings. The van der Waals surface area contributed by atoms with Crippen molar-refractivity contribution in [2.75, 3.05) is 0 Å². The Labute approximate surface area is 152 Å². The van der Waals surface area contributed by atoms with Crippen LogP contribution < -0.4 is 9.47 Å². The number of rotatable bonds is 7. The van der Waals surface area contributed by atoms with Gasteiger partial charge in [0.25, 0.3) is 0 Å². The van der Waals surface area contributed by atoms with Gasteiger partial charge in [-0.2, -0.15) is 0 Å². The Morgan fingerprint density at radius 2 is 1.19 bits per heavy atom. The summed E-state index contributed by atoms with van der Waals surface area (Å²) < 4.78 is 11.6. The van der Waals surface area contributed by atoms with Gasteiger partial charge in [0.15, 0.2) is 0 Å². The molecular formula is C22H20O4. The molecule has 0 spiro atoms. The van der Waals surface area contributed by atoms with Crippen molar-refractivity contribution in [2.45, 2.75) is 19.3 Å². The molecule has 0 heterocycles. The standard InChI is InChI=1S/C22H20O4/c1-16(15-22(23)24)17-7-9-19(10-8-17)26-21-13-11-20(12-14-21)25-18-5-3-2-4-6-18/h2-14,16H,15H2,1H3,(H,23,24). The van der Waals surface area contributed by atoms with Gasteiger partial charge in [-0.25, -0.2) is 0 Å². The largest absolute Gasteiger partial charge is 0.481 e. The molecule has 4 nitrogen and oxygen atoms in total. The second kappa shape index (κ2) is 8.21.